The Labute approximate surface area is 149 Å². The smallest absolute Gasteiger partial charge is 0.277 e. The summed E-state index contributed by atoms with van der Waals surface area (Å²) < 4.78 is 6.96. The van der Waals surface area contributed by atoms with Crippen molar-refractivity contribution in [3.63, 3.8) is 0 Å². The van der Waals surface area contributed by atoms with Gasteiger partial charge in [-0.2, -0.15) is 5.10 Å². The molecule has 3 heterocycles. The van der Waals surface area contributed by atoms with Crippen LogP contribution in [0.1, 0.15) is 16.1 Å². The molecule has 3 aromatic heterocycles. The number of hydrogen-bond acceptors (Lipinski definition) is 5. The van der Waals surface area contributed by atoms with Gasteiger partial charge in [0.05, 0.1) is 18.4 Å². The molecule has 7 heteroatoms. The quantitative estimate of drug-likeness (QED) is 0.600. The molecule has 4 rings (SSSR count). The third kappa shape index (κ3) is 3.51. The molecule has 128 valence electrons. The van der Waals surface area contributed by atoms with Crippen molar-refractivity contribution >= 4 is 11.6 Å². The fourth-order valence-electron chi connectivity index (χ4n) is 2.49. The molecule has 1 aromatic carbocycles. The molecule has 4 aromatic rings. The normalized spacial score (nSPS) is 10.6. The van der Waals surface area contributed by atoms with E-state index in [0.717, 1.165) is 5.56 Å². The van der Waals surface area contributed by atoms with E-state index in [1.165, 1.54) is 0 Å². The van der Waals surface area contributed by atoms with E-state index in [-0.39, 0.29) is 11.6 Å². The third-order valence-corrected chi connectivity index (χ3v) is 3.74. The first-order valence-corrected chi connectivity index (χ1v) is 8.04. The lowest BCUT2D eigenvalue weighted by atomic mass is 10.2. The highest BCUT2D eigenvalue weighted by Gasteiger charge is 2.15. The number of hydrogen-bond donors (Lipinski definition) is 1. The fraction of sp³-hybridized carbons (Fsp3) is 0.0526. The summed E-state index contributed by atoms with van der Waals surface area (Å²) in [6, 6.07) is 17.0. The lowest BCUT2D eigenvalue weighted by molar-refractivity contribution is 0.101. The number of benzene rings is 1. The van der Waals surface area contributed by atoms with Crippen molar-refractivity contribution in [3.8, 4) is 11.5 Å². The van der Waals surface area contributed by atoms with Gasteiger partial charge in [0.25, 0.3) is 5.91 Å². The monoisotopic (exact) mass is 345 g/mol. The number of rotatable bonds is 5. The highest BCUT2D eigenvalue weighted by atomic mass is 16.5. The predicted molar refractivity (Wildman–Crippen MR) is 95.5 cm³/mol. The van der Waals surface area contributed by atoms with E-state index >= 15 is 0 Å². The standard InChI is InChI=1S/C19H15N5O2/c25-19(17-10-18(26-23-17)16-8-4-5-9-20-16)22-15-11-21-24(13-15)12-14-6-2-1-3-7-14/h1-11,13H,12H2,(H,22,25). The zero-order chi connectivity index (χ0) is 17.8. The summed E-state index contributed by atoms with van der Waals surface area (Å²) in [5, 5.41) is 10.8. The van der Waals surface area contributed by atoms with Gasteiger partial charge < -0.3 is 9.84 Å². The van der Waals surface area contributed by atoms with Gasteiger partial charge in [0.15, 0.2) is 11.5 Å². The average molecular weight is 345 g/mol. The average Bonchev–Trinajstić information content (AvgIpc) is 3.33. The molecule has 7 nitrogen and oxygen atoms in total. The van der Waals surface area contributed by atoms with Gasteiger partial charge >= 0.3 is 0 Å². The Morgan fingerprint density at radius 2 is 1.96 bits per heavy atom. The SMILES string of the molecule is O=C(Nc1cnn(Cc2ccccc2)c1)c1cc(-c2ccccn2)on1. The number of pyridine rings is 1. The molecule has 0 unspecified atom stereocenters. The van der Waals surface area contributed by atoms with E-state index in [9.17, 15) is 4.79 Å². The Bertz CT molecular complexity index is 1010. The van der Waals surface area contributed by atoms with Crippen LogP contribution in [0.4, 0.5) is 5.69 Å². The topological polar surface area (TPSA) is 85.8 Å². The molecule has 0 aliphatic heterocycles. The molecule has 0 saturated heterocycles. The molecule has 1 amide bonds. The van der Waals surface area contributed by atoms with Crippen LogP contribution in [0.15, 0.2) is 77.7 Å². The van der Waals surface area contributed by atoms with Crippen LogP contribution in [-0.4, -0.2) is 25.8 Å². The van der Waals surface area contributed by atoms with Gasteiger partial charge in [-0.1, -0.05) is 41.6 Å². The fourth-order valence-corrected chi connectivity index (χ4v) is 2.49. The summed E-state index contributed by atoms with van der Waals surface area (Å²) >= 11 is 0. The number of carbonyl (C=O) groups is 1. The molecular formula is C19H15N5O2. The van der Waals surface area contributed by atoms with Crippen molar-refractivity contribution in [1.29, 1.82) is 0 Å². The molecule has 0 aliphatic carbocycles. The summed E-state index contributed by atoms with van der Waals surface area (Å²) in [5.41, 5.74) is 2.52. The number of anilines is 1. The Morgan fingerprint density at radius 3 is 2.77 bits per heavy atom. The lowest BCUT2D eigenvalue weighted by Gasteiger charge is -2.01. The summed E-state index contributed by atoms with van der Waals surface area (Å²) in [4.78, 5) is 16.5. The van der Waals surface area contributed by atoms with Crippen molar-refractivity contribution in [2.75, 3.05) is 5.32 Å². The Kier molecular flexibility index (Phi) is 4.26. The molecule has 0 radical (unpaired) electrons. The maximum atomic E-state index is 12.3. The summed E-state index contributed by atoms with van der Waals surface area (Å²) in [6.07, 6.45) is 5.02. The minimum atomic E-state index is -0.366. The Balaban J connectivity index is 1.43. The second-order valence-corrected chi connectivity index (χ2v) is 5.66. The zero-order valence-electron chi connectivity index (χ0n) is 13.7. The number of aromatic nitrogens is 4. The first-order chi connectivity index (χ1) is 12.8. The Hall–Kier alpha value is -3.74. The van der Waals surface area contributed by atoms with Crippen molar-refractivity contribution in [1.82, 2.24) is 19.9 Å². The van der Waals surface area contributed by atoms with Gasteiger partial charge in [0.2, 0.25) is 0 Å². The molecule has 0 saturated carbocycles. The number of amides is 1. The second kappa shape index (κ2) is 7.02. The van der Waals surface area contributed by atoms with Gasteiger partial charge in [-0.05, 0) is 17.7 Å². The minimum Gasteiger partial charge on any atom is -0.354 e. The van der Waals surface area contributed by atoms with E-state index < -0.39 is 0 Å². The van der Waals surface area contributed by atoms with Crippen molar-refractivity contribution in [2.45, 2.75) is 6.54 Å². The van der Waals surface area contributed by atoms with E-state index in [1.807, 2.05) is 36.4 Å². The molecule has 26 heavy (non-hydrogen) atoms. The van der Waals surface area contributed by atoms with Crippen LogP contribution in [0.5, 0.6) is 0 Å². The van der Waals surface area contributed by atoms with E-state index in [0.29, 0.717) is 23.7 Å². The van der Waals surface area contributed by atoms with Gasteiger partial charge in [-0.3, -0.25) is 14.5 Å². The lowest BCUT2D eigenvalue weighted by Crippen LogP contribution is -2.11. The van der Waals surface area contributed by atoms with Crippen molar-refractivity contribution in [2.24, 2.45) is 0 Å². The maximum Gasteiger partial charge on any atom is 0.277 e. The first-order valence-electron chi connectivity index (χ1n) is 8.04. The maximum absolute atomic E-state index is 12.3. The highest BCUT2D eigenvalue weighted by molar-refractivity contribution is 6.03. The van der Waals surface area contributed by atoms with Crippen molar-refractivity contribution < 1.29 is 9.32 Å². The number of nitrogens with zero attached hydrogens (tertiary/aromatic N) is 4. The summed E-state index contributed by atoms with van der Waals surface area (Å²) in [7, 11) is 0. The van der Waals surface area contributed by atoms with E-state index in [2.05, 4.69) is 20.6 Å². The van der Waals surface area contributed by atoms with Gasteiger partial charge in [-0.15, -0.1) is 0 Å². The highest BCUT2D eigenvalue weighted by Crippen LogP contribution is 2.18. The van der Waals surface area contributed by atoms with Crippen LogP contribution < -0.4 is 5.32 Å². The first kappa shape index (κ1) is 15.8. The van der Waals surface area contributed by atoms with Crippen LogP contribution in [0.3, 0.4) is 0 Å². The molecular weight excluding hydrogens is 330 g/mol. The second-order valence-electron chi connectivity index (χ2n) is 5.66. The van der Waals surface area contributed by atoms with E-state index in [4.69, 9.17) is 4.52 Å². The van der Waals surface area contributed by atoms with E-state index in [1.54, 1.807) is 41.5 Å². The predicted octanol–water partition coefficient (Wildman–Crippen LogP) is 3.23. The van der Waals surface area contributed by atoms with Crippen LogP contribution in [0.25, 0.3) is 11.5 Å². The van der Waals surface area contributed by atoms with Crippen molar-refractivity contribution in [3.05, 3.63) is 84.4 Å². The van der Waals surface area contributed by atoms with Gasteiger partial charge in [-0.25, -0.2) is 0 Å². The van der Waals surface area contributed by atoms with Crippen LogP contribution in [-0.2, 0) is 6.54 Å². The third-order valence-electron chi connectivity index (χ3n) is 3.74. The molecule has 0 aliphatic rings. The largest absolute Gasteiger partial charge is 0.354 e. The van der Waals surface area contributed by atoms with Gasteiger partial charge in [0.1, 0.15) is 5.69 Å². The number of carbonyl (C=O) groups excluding carboxylic acids is 1. The minimum absolute atomic E-state index is 0.182. The Morgan fingerprint density at radius 1 is 1.12 bits per heavy atom. The summed E-state index contributed by atoms with van der Waals surface area (Å²) in [6.45, 7) is 0.629. The zero-order valence-corrected chi connectivity index (χ0v) is 13.7. The molecule has 0 spiro atoms. The molecule has 0 fully saturated rings. The van der Waals surface area contributed by atoms with Crippen LogP contribution in [0, 0.1) is 0 Å². The number of nitrogens with one attached hydrogen (secondary N) is 1. The molecule has 0 atom stereocenters. The van der Waals surface area contributed by atoms with Crippen LogP contribution in [0.2, 0.25) is 0 Å². The molecule has 0 bridgehead atoms. The molecule has 1 N–H and O–H groups in total. The summed E-state index contributed by atoms with van der Waals surface area (Å²) in [5.74, 6) is 0.0747. The van der Waals surface area contributed by atoms with Gasteiger partial charge in [0, 0.05) is 18.5 Å². The van der Waals surface area contributed by atoms with Crippen LogP contribution >= 0.6 is 0 Å².